The van der Waals surface area contributed by atoms with Gasteiger partial charge in [0.15, 0.2) is 5.82 Å². The van der Waals surface area contributed by atoms with Gasteiger partial charge in [0.1, 0.15) is 6.54 Å². The van der Waals surface area contributed by atoms with Gasteiger partial charge < -0.3 is 15.2 Å². The number of aliphatic carboxylic acids is 1. The molecule has 122 valence electrons. The van der Waals surface area contributed by atoms with E-state index in [1.54, 1.807) is 0 Å². The molecular formula is C16H19N3O4. The van der Waals surface area contributed by atoms with Crippen LogP contribution in [0.1, 0.15) is 12.5 Å². The van der Waals surface area contributed by atoms with Crippen molar-refractivity contribution in [2.45, 2.75) is 26.2 Å². The standard InChI is InChI=1S/C16H19N3O4/c1-12(23-11-13-5-3-2-4-6-13)9-18-15-16(22)19(8-7-17-15)10-14(20)21/h2-8,12H,9-11H2,1H3,(H,17,18)(H,20,21). The first-order valence-electron chi connectivity index (χ1n) is 7.23. The van der Waals surface area contributed by atoms with Crippen molar-refractivity contribution in [1.82, 2.24) is 9.55 Å². The number of benzene rings is 1. The summed E-state index contributed by atoms with van der Waals surface area (Å²) in [5.41, 5.74) is 0.603. The molecule has 0 amide bonds. The van der Waals surface area contributed by atoms with Crippen LogP contribution in [0.3, 0.4) is 0 Å². The van der Waals surface area contributed by atoms with Crippen LogP contribution in [0, 0.1) is 0 Å². The zero-order valence-electron chi connectivity index (χ0n) is 12.8. The summed E-state index contributed by atoms with van der Waals surface area (Å²) in [6.07, 6.45) is 2.60. The minimum absolute atomic E-state index is 0.115. The third-order valence-corrected chi connectivity index (χ3v) is 3.15. The monoisotopic (exact) mass is 317 g/mol. The molecule has 0 saturated heterocycles. The van der Waals surface area contributed by atoms with E-state index in [0.717, 1.165) is 10.1 Å². The third-order valence-electron chi connectivity index (χ3n) is 3.15. The Morgan fingerprint density at radius 3 is 2.83 bits per heavy atom. The average molecular weight is 317 g/mol. The topological polar surface area (TPSA) is 93.5 Å². The summed E-state index contributed by atoms with van der Waals surface area (Å²) in [5, 5.41) is 11.7. The fourth-order valence-corrected chi connectivity index (χ4v) is 1.95. The van der Waals surface area contributed by atoms with Crippen molar-refractivity contribution < 1.29 is 14.6 Å². The molecule has 2 N–H and O–H groups in total. The maximum absolute atomic E-state index is 12.0. The van der Waals surface area contributed by atoms with E-state index >= 15 is 0 Å². The van der Waals surface area contributed by atoms with E-state index in [1.807, 2.05) is 37.3 Å². The number of nitrogens with one attached hydrogen (secondary N) is 1. The molecule has 2 aromatic rings. The summed E-state index contributed by atoms with van der Waals surface area (Å²) >= 11 is 0. The normalized spacial score (nSPS) is 11.9. The molecule has 1 unspecified atom stereocenters. The lowest BCUT2D eigenvalue weighted by Gasteiger charge is -2.14. The van der Waals surface area contributed by atoms with Gasteiger partial charge in [-0.25, -0.2) is 4.98 Å². The molecule has 7 heteroatoms. The Hall–Kier alpha value is -2.67. The molecule has 0 aliphatic heterocycles. The number of aromatic nitrogens is 2. The molecule has 0 saturated carbocycles. The lowest BCUT2D eigenvalue weighted by molar-refractivity contribution is -0.137. The molecule has 1 atom stereocenters. The molecule has 7 nitrogen and oxygen atoms in total. The van der Waals surface area contributed by atoms with Gasteiger partial charge in [-0.3, -0.25) is 14.2 Å². The van der Waals surface area contributed by atoms with E-state index in [-0.39, 0.29) is 11.9 Å². The van der Waals surface area contributed by atoms with Gasteiger partial charge in [0.05, 0.1) is 12.7 Å². The van der Waals surface area contributed by atoms with E-state index in [1.165, 1.54) is 12.4 Å². The number of carboxylic acid groups (broad SMARTS) is 1. The number of ether oxygens (including phenoxy) is 1. The number of nitrogens with zero attached hydrogens (tertiary/aromatic N) is 2. The first-order valence-corrected chi connectivity index (χ1v) is 7.23. The van der Waals surface area contributed by atoms with Crippen molar-refractivity contribution >= 4 is 11.8 Å². The zero-order valence-corrected chi connectivity index (χ0v) is 12.8. The molecule has 2 rings (SSSR count). The lowest BCUT2D eigenvalue weighted by atomic mass is 10.2. The number of carboxylic acids is 1. The van der Waals surface area contributed by atoms with E-state index in [4.69, 9.17) is 9.84 Å². The predicted octanol–water partition coefficient (Wildman–Crippen LogP) is 1.35. The van der Waals surface area contributed by atoms with Crippen LogP contribution in [0.25, 0.3) is 0 Å². The highest BCUT2D eigenvalue weighted by Crippen LogP contribution is 2.04. The quantitative estimate of drug-likeness (QED) is 0.763. The molecule has 0 aliphatic rings. The fraction of sp³-hybridized carbons (Fsp3) is 0.312. The van der Waals surface area contributed by atoms with Gasteiger partial charge in [-0.05, 0) is 12.5 Å². The lowest BCUT2D eigenvalue weighted by Crippen LogP contribution is -2.29. The summed E-state index contributed by atoms with van der Waals surface area (Å²) in [6.45, 7) is 2.37. The van der Waals surface area contributed by atoms with Crippen molar-refractivity contribution in [2.75, 3.05) is 11.9 Å². The summed E-state index contributed by atoms with van der Waals surface area (Å²) in [5.74, 6) is -0.965. The SMILES string of the molecule is CC(CNc1nccn(CC(=O)O)c1=O)OCc1ccccc1. The Kier molecular flexibility index (Phi) is 5.87. The average Bonchev–Trinajstić information content (AvgIpc) is 2.54. The Morgan fingerprint density at radius 1 is 1.39 bits per heavy atom. The van der Waals surface area contributed by atoms with Crippen molar-refractivity contribution in [1.29, 1.82) is 0 Å². The second-order valence-electron chi connectivity index (χ2n) is 5.09. The van der Waals surface area contributed by atoms with Crippen molar-refractivity contribution in [3.63, 3.8) is 0 Å². The van der Waals surface area contributed by atoms with Crippen molar-refractivity contribution in [3.05, 3.63) is 58.6 Å². The maximum atomic E-state index is 12.0. The minimum Gasteiger partial charge on any atom is -0.480 e. The highest BCUT2D eigenvalue weighted by Gasteiger charge is 2.09. The molecule has 0 spiro atoms. The van der Waals surface area contributed by atoms with Gasteiger partial charge in [0.2, 0.25) is 0 Å². The summed E-state index contributed by atoms with van der Waals surface area (Å²) in [4.78, 5) is 26.7. The van der Waals surface area contributed by atoms with E-state index in [9.17, 15) is 9.59 Å². The first-order chi connectivity index (χ1) is 11.1. The summed E-state index contributed by atoms with van der Waals surface area (Å²) in [6, 6.07) is 9.78. The van der Waals surface area contributed by atoms with Crippen LogP contribution < -0.4 is 10.9 Å². The fourth-order valence-electron chi connectivity index (χ4n) is 1.95. The van der Waals surface area contributed by atoms with Gasteiger partial charge in [-0.2, -0.15) is 0 Å². The highest BCUT2D eigenvalue weighted by molar-refractivity contribution is 5.66. The molecule has 0 radical (unpaired) electrons. The molecule has 0 fully saturated rings. The number of rotatable bonds is 8. The maximum Gasteiger partial charge on any atom is 0.323 e. The van der Waals surface area contributed by atoms with E-state index < -0.39 is 18.1 Å². The molecule has 23 heavy (non-hydrogen) atoms. The first kappa shape index (κ1) is 16.7. The van der Waals surface area contributed by atoms with E-state index in [2.05, 4.69) is 10.3 Å². The Labute approximate surface area is 133 Å². The zero-order chi connectivity index (χ0) is 16.7. The number of hydrogen-bond acceptors (Lipinski definition) is 5. The van der Waals surface area contributed by atoms with Crippen LogP contribution in [0.15, 0.2) is 47.5 Å². The van der Waals surface area contributed by atoms with Gasteiger partial charge >= 0.3 is 5.97 Å². The smallest absolute Gasteiger partial charge is 0.323 e. The number of anilines is 1. The van der Waals surface area contributed by atoms with Crippen LogP contribution in [0.2, 0.25) is 0 Å². The van der Waals surface area contributed by atoms with Gasteiger partial charge in [-0.1, -0.05) is 30.3 Å². The molecule has 1 aromatic heterocycles. The molecule has 1 aromatic carbocycles. The van der Waals surface area contributed by atoms with E-state index in [0.29, 0.717) is 13.2 Å². The van der Waals surface area contributed by atoms with Crippen molar-refractivity contribution in [2.24, 2.45) is 0 Å². The number of hydrogen-bond donors (Lipinski definition) is 2. The predicted molar refractivity (Wildman–Crippen MR) is 85.3 cm³/mol. The van der Waals surface area contributed by atoms with Crippen LogP contribution in [-0.4, -0.2) is 33.3 Å². The van der Waals surface area contributed by atoms with Crippen LogP contribution >= 0.6 is 0 Å². The third kappa shape index (κ3) is 5.23. The molecule has 0 aliphatic carbocycles. The van der Waals surface area contributed by atoms with Crippen molar-refractivity contribution in [3.8, 4) is 0 Å². The molecule has 1 heterocycles. The largest absolute Gasteiger partial charge is 0.480 e. The Morgan fingerprint density at radius 2 is 2.13 bits per heavy atom. The summed E-state index contributed by atoms with van der Waals surface area (Å²) in [7, 11) is 0. The Bertz CT molecular complexity index is 700. The number of carbonyl (C=O) groups is 1. The highest BCUT2D eigenvalue weighted by atomic mass is 16.5. The second kappa shape index (κ2) is 8.09. The van der Waals surface area contributed by atoms with Gasteiger partial charge in [-0.15, -0.1) is 0 Å². The van der Waals surface area contributed by atoms with Crippen LogP contribution in [0.4, 0.5) is 5.82 Å². The van der Waals surface area contributed by atoms with Crippen LogP contribution in [-0.2, 0) is 22.7 Å². The Balaban J connectivity index is 1.88. The molecular weight excluding hydrogens is 298 g/mol. The second-order valence-corrected chi connectivity index (χ2v) is 5.09. The van der Waals surface area contributed by atoms with Crippen LogP contribution in [0.5, 0.6) is 0 Å². The summed E-state index contributed by atoms with van der Waals surface area (Å²) < 4.78 is 6.78. The van der Waals surface area contributed by atoms with Gasteiger partial charge in [0.25, 0.3) is 5.56 Å². The molecule has 0 bridgehead atoms. The van der Waals surface area contributed by atoms with Gasteiger partial charge in [0, 0.05) is 18.9 Å². The minimum atomic E-state index is -1.08.